The molecule has 0 aromatic heterocycles. The van der Waals surface area contributed by atoms with E-state index in [9.17, 15) is 31.2 Å². The summed E-state index contributed by atoms with van der Waals surface area (Å²) in [7, 11) is -4.37. The maximum absolute atomic E-state index is 12.6. The van der Waals surface area contributed by atoms with Crippen LogP contribution in [-0.2, 0) is 19.6 Å². The van der Waals surface area contributed by atoms with Crippen LogP contribution in [0.15, 0.2) is 41.3 Å². The Bertz CT molecular complexity index is 1190. The Hall–Kier alpha value is -1.82. The predicted molar refractivity (Wildman–Crippen MR) is 140 cm³/mol. The standard InChI is InChI=1S/C22H22F3I2NO7S/c1-4-21(2,3)20(30)34-10-9-33-18-16(26)11-13(12-17(18)27)19(29)28-36(31,32)15-7-5-14(6-8-15)35-22(23,24)25/h5-8,11-12H,4,9-10H2,1-3H3,(H,28,29). The van der Waals surface area contributed by atoms with Crippen molar-refractivity contribution in [1.82, 2.24) is 4.72 Å². The van der Waals surface area contributed by atoms with Gasteiger partial charge in [-0.05, 0) is 102 Å². The smallest absolute Gasteiger partial charge is 0.488 e. The highest BCUT2D eigenvalue weighted by Gasteiger charge is 2.31. The first kappa shape index (κ1) is 30.4. The Morgan fingerprint density at radius 3 is 2.06 bits per heavy atom. The molecule has 0 radical (unpaired) electrons. The molecule has 14 heteroatoms. The predicted octanol–water partition coefficient (Wildman–Crippen LogP) is 5.27. The van der Waals surface area contributed by atoms with Crippen LogP contribution in [0, 0.1) is 12.6 Å². The summed E-state index contributed by atoms with van der Waals surface area (Å²) >= 11 is 3.84. The Morgan fingerprint density at radius 2 is 1.56 bits per heavy atom. The van der Waals surface area contributed by atoms with Gasteiger partial charge in [0.1, 0.15) is 24.7 Å². The summed E-state index contributed by atoms with van der Waals surface area (Å²) in [5.74, 6) is -1.45. The maximum atomic E-state index is 12.6. The second-order valence-corrected chi connectivity index (χ2v) is 12.0. The van der Waals surface area contributed by atoms with Gasteiger partial charge in [-0.1, -0.05) is 6.92 Å². The van der Waals surface area contributed by atoms with Crippen LogP contribution in [-0.4, -0.2) is 39.9 Å². The molecular weight excluding hydrogens is 733 g/mol. The SMILES string of the molecule is CCC(C)(C)C(=O)OCCOc1c(I)cc(C(=O)NS(=O)(=O)c2ccc(OC(F)(F)F)cc2)cc1I. The van der Waals surface area contributed by atoms with Crippen molar-refractivity contribution < 1.29 is 45.4 Å². The highest BCUT2D eigenvalue weighted by Crippen LogP contribution is 2.30. The molecule has 8 nitrogen and oxygen atoms in total. The summed E-state index contributed by atoms with van der Waals surface area (Å²) in [6.07, 6.45) is -4.30. The molecule has 0 unspecified atom stereocenters. The van der Waals surface area contributed by atoms with Crippen molar-refractivity contribution >= 4 is 67.1 Å². The lowest BCUT2D eigenvalue weighted by atomic mass is 9.91. The summed E-state index contributed by atoms with van der Waals surface area (Å²) < 4.78 is 79.4. The number of alkyl halides is 3. The minimum absolute atomic E-state index is 0.0212. The number of amides is 1. The van der Waals surface area contributed by atoms with Crippen LogP contribution < -0.4 is 14.2 Å². The van der Waals surface area contributed by atoms with Gasteiger partial charge < -0.3 is 14.2 Å². The number of carbonyl (C=O) groups excluding carboxylic acids is 2. The molecule has 0 atom stereocenters. The summed E-state index contributed by atoms with van der Waals surface area (Å²) in [4.78, 5) is 24.2. The van der Waals surface area contributed by atoms with E-state index in [1.54, 1.807) is 13.8 Å². The van der Waals surface area contributed by atoms with Gasteiger partial charge in [-0.15, -0.1) is 13.2 Å². The molecule has 1 N–H and O–H groups in total. The number of rotatable bonds is 10. The van der Waals surface area contributed by atoms with E-state index in [4.69, 9.17) is 9.47 Å². The molecule has 0 heterocycles. The molecule has 2 aromatic rings. The van der Waals surface area contributed by atoms with E-state index in [0.717, 1.165) is 24.3 Å². The van der Waals surface area contributed by atoms with Gasteiger partial charge in [0.05, 0.1) is 17.5 Å². The number of hydrogen-bond acceptors (Lipinski definition) is 7. The van der Waals surface area contributed by atoms with Crippen molar-refractivity contribution in [3.8, 4) is 11.5 Å². The highest BCUT2D eigenvalue weighted by atomic mass is 127. The molecule has 36 heavy (non-hydrogen) atoms. The lowest BCUT2D eigenvalue weighted by Crippen LogP contribution is -2.30. The van der Waals surface area contributed by atoms with Crippen molar-refractivity contribution in [3.63, 3.8) is 0 Å². The second-order valence-electron chi connectivity index (χ2n) is 7.94. The van der Waals surface area contributed by atoms with Gasteiger partial charge in [-0.2, -0.15) is 0 Å². The Kier molecular flexibility index (Phi) is 10.3. The van der Waals surface area contributed by atoms with Gasteiger partial charge in [0.15, 0.2) is 0 Å². The first-order chi connectivity index (χ1) is 16.6. The molecular formula is C22H22F3I2NO7S. The zero-order valence-corrected chi connectivity index (χ0v) is 24.4. The van der Waals surface area contributed by atoms with Crippen molar-refractivity contribution in [1.29, 1.82) is 0 Å². The number of hydrogen-bond donors (Lipinski definition) is 1. The van der Waals surface area contributed by atoms with Gasteiger partial charge in [0.25, 0.3) is 15.9 Å². The number of sulfonamides is 1. The van der Waals surface area contributed by atoms with Gasteiger partial charge >= 0.3 is 12.3 Å². The van der Waals surface area contributed by atoms with E-state index >= 15 is 0 Å². The minimum atomic E-state index is -4.92. The number of ether oxygens (including phenoxy) is 3. The van der Waals surface area contributed by atoms with Crippen LogP contribution in [0.25, 0.3) is 0 Å². The second kappa shape index (κ2) is 12.1. The number of benzene rings is 2. The molecule has 198 valence electrons. The third kappa shape index (κ3) is 8.64. The zero-order valence-electron chi connectivity index (χ0n) is 19.2. The lowest BCUT2D eigenvalue weighted by Gasteiger charge is -2.20. The number of halogens is 5. The molecule has 0 bridgehead atoms. The molecule has 0 saturated carbocycles. The summed E-state index contributed by atoms with van der Waals surface area (Å²) in [5, 5.41) is 0. The molecule has 0 fully saturated rings. The molecule has 0 aliphatic heterocycles. The Balaban J connectivity index is 2.05. The Morgan fingerprint density at radius 1 is 1.00 bits per heavy atom. The van der Waals surface area contributed by atoms with Crippen LogP contribution in [0.4, 0.5) is 13.2 Å². The summed E-state index contributed by atoms with van der Waals surface area (Å²) in [6.45, 7) is 5.55. The van der Waals surface area contributed by atoms with Crippen LogP contribution in [0.2, 0.25) is 0 Å². The topological polar surface area (TPSA) is 108 Å². The molecule has 1 amide bonds. The largest absolute Gasteiger partial charge is 0.573 e. The van der Waals surface area contributed by atoms with Crippen LogP contribution >= 0.6 is 45.2 Å². The third-order valence-electron chi connectivity index (χ3n) is 4.85. The summed E-state index contributed by atoms with van der Waals surface area (Å²) in [5.41, 5.74) is -0.579. The number of carbonyl (C=O) groups is 2. The average molecular weight is 755 g/mol. The zero-order chi connectivity index (χ0) is 27.3. The van der Waals surface area contributed by atoms with E-state index in [0.29, 0.717) is 19.3 Å². The van der Waals surface area contributed by atoms with Crippen molar-refractivity contribution in [2.24, 2.45) is 5.41 Å². The summed E-state index contributed by atoms with van der Waals surface area (Å²) in [6, 6.07) is 6.24. The number of nitrogens with one attached hydrogen (secondary N) is 1. The van der Waals surface area contributed by atoms with E-state index in [1.165, 1.54) is 12.1 Å². The first-order valence-electron chi connectivity index (χ1n) is 10.3. The maximum Gasteiger partial charge on any atom is 0.573 e. The normalized spacial score (nSPS) is 12.1. The fourth-order valence-electron chi connectivity index (χ4n) is 2.51. The fraction of sp³-hybridized carbons (Fsp3) is 0.364. The van der Waals surface area contributed by atoms with E-state index in [1.807, 2.05) is 56.8 Å². The van der Waals surface area contributed by atoms with Crippen LogP contribution in [0.1, 0.15) is 37.6 Å². The Labute approximate surface area is 233 Å². The first-order valence-corrected chi connectivity index (χ1v) is 13.9. The van der Waals surface area contributed by atoms with Crippen LogP contribution in [0.3, 0.4) is 0 Å². The minimum Gasteiger partial charge on any atom is -0.488 e. The van der Waals surface area contributed by atoms with E-state index < -0.39 is 38.4 Å². The van der Waals surface area contributed by atoms with Gasteiger partial charge in [0.2, 0.25) is 0 Å². The molecule has 0 saturated heterocycles. The van der Waals surface area contributed by atoms with E-state index in [2.05, 4.69) is 4.74 Å². The molecule has 0 spiro atoms. The fourth-order valence-corrected chi connectivity index (χ4v) is 5.56. The van der Waals surface area contributed by atoms with Crippen molar-refractivity contribution in [2.45, 2.75) is 38.4 Å². The lowest BCUT2D eigenvalue weighted by molar-refractivity contribution is -0.274. The quantitative estimate of drug-likeness (QED) is 0.200. The molecule has 2 aromatic carbocycles. The average Bonchev–Trinajstić information content (AvgIpc) is 2.76. The third-order valence-corrected chi connectivity index (χ3v) is 7.80. The van der Waals surface area contributed by atoms with Crippen LogP contribution in [0.5, 0.6) is 11.5 Å². The van der Waals surface area contributed by atoms with Gasteiger partial charge in [-0.25, -0.2) is 13.1 Å². The van der Waals surface area contributed by atoms with Gasteiger partial charge in [-0.3, -0.25) is 9.59 Å². The van der Waals surface area contributed by atoms with E-state index in [-0.39, 0.29) is 24.7 Å². The van der Waals surface area contributed by atoms with Crippen molar-refractivity contribution in [3.05, 3.63) is 49.1 Å². The highest BCUT2D eigenvalue weighted by molar-refractivity contribution is 14.1. The van der Waals surface area contributed by atoms with Gasteiger partial charge in [0, 0.05) is 5.56 Å². The molecule has 0 aliphatic rings. The monoisotopic (exact) mass is 755 g/mol. The number of esters is 1. The van der Waals surface area contributed by atoms with Crippen molar-refractivity contribution in [2.75, 3.05) is 13.2 Å². The molecule has 0 aliphatic carbocycles. The molecule has 2 rings (SSSR count).